The zero-order chi connectivity index (χ0) is 11.9. The number of hydrogen-bond donors (Lipinski definition) is 1. The maximum Gasteiger partial charge on any atom is 0.234 e. The lowest BCUT2D eigenvalue weighted by Crippen LogP contribution is -2.23. The van der Waals surface area contributed by atoms with Crippen LogP contribution in [0.2, 0.25) is 5.02 Å². The average molecular weight is 237 g/mol. The first-order valence-electron chi connectivity index (χ1n) is 4.87. The summed E-state index contributed by atoms with van der Waals surface area (Å²) in [4.78, 5) is 23.3. The number of carbonyl (C=O) groups excluding carboxylic acids is 2. The molecule has 0 fully saturated rings. The maximum absolute atomic E-state index is 11.7. The minimum atomic E-state index is -0.630. The largest absolute Gasteiger partial charge is 0.507 e. The van der Waals surface area contributed by atoms with Gasteiger partial charge in [-0.3, -0.25) is 9.59 Å². The van der Waals surface area contributed by atoms with Crippen LogP contribution in [0.15, 0.2) is 23.8 Å². The van der Waals surface area contributed by atoms with Gasteiger partial charge in [-0.15, -0.1) is 0 Å². The summed E-state index contributed by atoms with van der Waals surface area (Å²) in [6, 6.07) is 4.47. The predicted molar refractivity (Wildman–Crippen MR) is 60.6 cm³/mol. The quantitative estimate of drug-likeness (QED) is 0.763. The molecule has 0 aromatic heterocycles. The van der Waals surface area contributed by atoms with Crippen LogP contribution in [-0.4, -0.2) is 16.7 Å². The van der Waals surface area contributed by atoms with Gasteiger partial charge in [0, 0.05) is 21.7 Å². The zero-order valence-corrected chi connectivity index (χ0v) is 9.34. The molecule has 0 heterocycles. The summed E-state index contributed by atoms with van der Waals surface area (Å²) < 4.78 is 0. The van der Waals surface area contributed by atoms with Gasteiger partial charge in [0.1, 0.15) is 5.76 Å². The first-order valence-corrected chi connectivity index (χ1v) is 5.25. The second-order valence-corrected chi connectivity index (χ2v) is 3.97. The van der Waals surface area contributed by atoms with Gasteiger partial charge < -0.3 is 5.11 Å². The Balaban J connectivity index is 2.75. The lowest BCUT2D eigenvalue weighted by molar-refractivity contribution is -0.112. The van der Waals surface area contributed by atoms with Crippen molar-refractivity contribution >= 4 is 28.9 Å². The second kappa shape index (κ2) is 3.76. The minimum Gasteiger partial charge on any atom is -0.507 e. The molecule has 0 unspecified atom stereocenters. The highest BCUT2D eigenvalue weighted by Gasteiger charge is 2.31. The van der Waals surface area contributed by atoms with Crippen molar-refractivity contribution in [2.45, 2.75) is 13.3 Å². The molecule has 0 saturated heterocycles. The summed E-state index contributed by atoms with van der Waals surface area (Å²) in [5.41, 5.74) is 0.706. The van der Waals surface area contributed by atoms with Crippen LogP contribution in [-0.2, 0) is 4.79 Å². The highest BCUT2D eigenvalue weighted by Crippen LogP contribution is 2.30. The summed E-state index contributed by atoms with van der Waals surface area (Å²) >= 11 is 5.79. The first kappa shape index (κ1) is 10.9. The van der Waals surface area contributed by atoms with E-state index in [0.717, 1.165) is 0 Å². The lowest BCUT2D eigenvalue weighted by atomic mass is 9.87. The van der Waals surface area contributed by atoms with Crippen LogP contribution in [0.25, 0.3) is 5.76 Å². The van der Waals surface area contributed by atoms with Crippen LogP contribution in [0.3, 0.4) is 0 Å². The highest BCUT2D eigenvalue weighted by atomic mass is 35.5. The topological polar surface area (TPSA) is 54.4 Å². The van der Waals surface area contributed by atoms with Crippen LogP contribution in [0.4, 0.5) is 0 Å². The van der Waals surface area contributed by atoms with Crippen LogP contribution < -0.4 is 0 Å². The van der Waals surface area contributed by atoms with Gasteiger partial charge >= 0.3 is 0 Å². The third-order valence-corrected chi connectivity index (χ3v) is 2.84. The van der Waals surface area contributed by atoms with Gasteiger partial charge in [0.15, 0.2) is 0 Å². The van der Waals surface area contributed by atoms with Gasteiger partial charge in [0.2, 0.25) is 11.6 Å². The van der Waals surface area contributed by atoms with E-state index in [4.69, 9.17) is 11.6 Å². The minimum absolute atomic E-state index is 0.135. The molecule has 1 aromatic rings. The standard InChI is InChI=1S/C12H9ClO3/c1-2-7-10(14)9-5-6(13)3-4-8(9)12(16)11(7)15/h3-5,14H,2H2,1H3. The molecule has 0 radical (unpaired) electrons. The molecule has 1 aliphatic rings. The van der Waals surface area contributed by atoms with Crippen molar-refractivity contribution in [3.63, 3.8) is 0 Å². The van der Waals surface area contributed by atoms with Gasteiger partial charge in [0.05, 0.1) is 0 Å². The second-order valence-electron chi connectivity index (χ2n) is 3.53. The number of benzene rings is 1. The normalized spacial score (nSPS) is 15.4. The van der Waals surface area contributed by atoms with Crippen LogP contribution in [0, 0.1) is 0 Å². The number of rotatable bonds is 1. The predicted octanol–water partition coefficient (Wildman–Crippen LogP) is 2.78. The van der Waals surface area contributed by atoms with Crippen molar-refractivity contribution in [2.75, 3.05) is 0 Å². The van der Waals surface area contributed by atoms with Crippen LogP contribution in [0.5, 0.6) is 0 Å². The van der Waals surface area contributed by atoms with Crippen molar-refractivity contribution in [2.24, 2.45) is 0 Å². The number of Topliss-reactive ketones (excluding diaryl/α,β-unsaturated/α-hetero) is 2. The smallest absolute Gasteiger partial charge is 0.234 e. The van der Waals surface area contributed by atoms with E-state index >= 15 is 0 Å². The summed E-state index contributed by atoms with van der Waals surface area (Å²) in [7, 11) is 0. The number of halogens is 1. The van der Waals surface area contributed by atoms with Crippen LogP contribution >= 0.6 is 11.6 Å². The number of allylic oxidation sites excluding steroid dienone is 1. The Hall–Kier alpha value is -1.61. The molecule has 1 aromatic carbocycles. The van der Waals surface area contributed by atoms with Gasteiger partial charge in [-0.2, -0.15) is 0 Å². The van der Waals surface area contributed by atoms with E-state index in [-0.39, 0.29) is 16.9 Å². The number of ketones is 2. The Morgan fingerprint density at radius 2 is 1.88 bits per heavy atom. The monoisotopic (exact) mass is 236 g/mol. The van der Waals surface area contributed by atoms with Crippen LogP contribution in [0.1, 0.15) is 29.3 Å². The molecule has 0 bridgehead atoms. The Labute approximate surface area is 97.3 Å². The van der Waals surface area contributed by atoms with Crippen molar-refractivity contribution in [1.29, 1.82) is 0 Å². The molecular formula is C12H9ClO3. The lowest BCUT2D eigenvalue weighted by Gasteiger charge is -2.16. The summed E-state index contributed by atoms with van der Waals surface area (Å²) in [5, 5.41) is 10.3. The molecule has 0 spiro atoms. The highest BCUT2D eigenvalue weighted by molar-refractivity contribution is 6.52. The van der Waals surface area contributed by atoms with Crippen molar-refractivity contribution in [1.82, 2.24) is 0 Å². The molecule has 4 heteroatoms. The molecule has 0 atom stereocenters. The third kappa shape index (κ3) is 1.44. The average Bonchev–Trinajstić information content (AvgIpc) is 2.27. The van der Waals surface area contributed by atoms with E-state index in [2.05, 4.69) is 0 Å². The van der Waals surface area contributed by atoms with E-state index in [1.165, 1.54) is 18.2 Å². The van der Waals surface area contributed by atoms with E-state index in [1.807, 2.05) is 0 Å². The summed E-state index contributed by atoms with van der Waals surface area (Å²) in [6.07, 6.45) is 0.322. The number of hydrogen-bond acceptors (Lipinski definition) is 3. The fraction of sp³-hybridized carbons (Fsp3) is 0.167. The number of carbonyl (C=O) groups is 2. The molecule has 1 aliphatic carbocycles. The molecule has 2 rings (SSSR count). The Kier molecular flexibility index (Phi) is 2.56. The Morgan fingerprint density at radius 3 is 2.50 bits per heavy atom. The number of aliphatic hydroxyl groups excluding tert-OH is 1. The number of aliphatic hydroxyl groups is 1. The van der Waals surface area contributed by atoms with E-state index in [0.29, 0.717) is 17.0 Å². The Bertz CT molecular complexity index is 529. The van der Waals surface area contributed by atoms with Gasteiger partial charge in [-0.25, -0.2) is 0 Å². The third-order valence-electron chi connectivity index (χ3n) is 2.60. The molecular weight excluding hydrogens is 228 g/mol. The zero-order valence-electron chi connectivity index (χ0n) is 8.58. The van der Waals surface area contributed by atoms with Crippen molar-refractivity contribution in [3.05, 3.63) is 39.9 Å². The van der Waals surface area contributed by atoms with Crippen molar-refractivity contribution in [3.8, 4) is 0 Å². The first-order chi connectivity index (χ1) is 7.56. The summed E-state index contributed by atoms with van der Waals surface area (Å²) in [5.74, 6) is -1.35. The van der Waals surface area contributed by atoms with Crippen molar-refractivity contribution < 1.29 is 14.7 Å². The molecule has 0 amide bonds. The SMILES string of the molecule is CCC1=C(O)c2cc(Cl)ccc2C(=O)C1=O. The van der Waals surface area contributed by atoms with Gasteiger partial charge in [-0.05, 0) is 24.6 Å². The van der Waals surface area contributed by atoms with E-state index < -0.39 is 11.6 Å². The number of fused-ring (bicyclic) bond motifs is 1. The van der Waals surface area contributed by atoms with Gasteiger partial charge in [0.25, 0.3) is 0 Å². The molecule has 3 nitrogen and oxygen atoms in total. The fourth-order valence-corrected chi connectivity index (χ4v) is 1.94. The molecule has 0 saturated carbocycles. The molecule has 0 aliphatic heterocycles. The van der Waals surface area contributed by atoms with Gasteiger partial charge in [-0.1, -0.05) is 18.5 Å². The maximum atomic E-state index is 11.7. The Morgan fingerprint density at radius 1 is 1.19 bits per heavy atom. The summed E-state index contributed by atoms with van der Waals surface area (Å²) in [6.45, 7) is 1.71. The van der Waals surface area contributed by atoms with E-state index in [9.17, 15) is 14.7 Å². The molecule has 82 valence electrons. The fourth-order valence-electron chi connectivity index (χ4n) is 1.77. The molecule has 16 heavy (non-hydrogen) atoms. The van der Waals surface area contributed by atoms with E-state index in [1.54, 1.807) is 6.92 Å². The molecule has 1 N–H and O–H groups in total.